The molecule has 0 atom stereocenters. The van der Waals surface area contributed by atoms with Crippen LogP contribution in [-0.2, 0) is 17.5 Å². The first-order valence-electron chi connectivity index (χ1n) is 13.8. The molecule has 0 spiro atoms. The Morgan fingerprint density at radius 1 is 1.05 bits per heavy atom. The van der Waals surface area contributed by atoms with Gasteiger partial charge >= 0.3 is 6.18 Å². The Balaban J connectivity index is 1.18. The summed E-state index contributed by atoms with van der Waals surface area (Å²) < 4.78 is 46.1. The fourth-order valence-electron chi connectivity index (χ4n) is 5.31. The summed E-state index contributed by atoms with van der Waals surface area (Å²) in [5, 5.41) is 8.51. The maximum absolute atomic E-state index is 13.1. The summed E-state index contributed by atoms with van der Waals surface area (Å²) in [5.74, 6) is 0.105. The molecule has 42 heavy (non-hydrogen) atoms. The highest BCUT2D eigenvalue weighted by Gasteiger charge is 2.31. The van der Waals surface area contributed by atoms with Crippen molar-refractivity contribution in [2.24, 2.45) is 5.92 Å². The SMILES string of the molecule is COCCNC(=O)c1ccc2nn(CC3CCN(C(=O)c4ccc(-c5cncc(C(F)(F)F)c5)cc4)CC3)cc2c1C. The van der Waals surface area contributed by atoms with Crippen LogP contribution in [0.4, 0.5) is 13.2 Å². The van der Waals surface area contributed by atoms with Gasteiger partial charge in [0.2, 0.25) is 0 Å². The lowest BCUT2D eigenvalue weighted by atomic mass is 9.96. The van der Waals surface area contributed by atoms with E-state index in [1.54, 1.807) is 37.4 Å². The van der Waals surface area contributed by atoms with E-state index in [-0.39, 0.29) is 11.8 Å². The van der Waals surface area contributed by atoms with Crippen molar-refractivity contribution in [3.63, 3.8) is 0 Å². The summed E-state index contributed by atoms with van der Waals surface area (Å²) in [6, 6.07) is 11.3. The van der Waals surface area contributed by atoms with Crippen molar-refractivity contribution in [2.75, 3.05) is 33.4 Å². The van der Waals surface area contributed by atoms with Crippen LogP contribution < -0.4 is 5.32 Å². The fraction of sp³-hybridized carbons (Fsp3) is 0.355. The number of rotatable bonds is 8. The predicted octanol–water partition coefficient (Wildman–Crippen LogP) is 5.35. The van der Waals surface area contributed by atoms with E-state index in [9.17, 15) is 22.8 Å². The van der Waals surface area contributed by atoms with E-state index in [4.69, 9.17) is 9.84 Å². The van der Waals surface area contributed by atoms with Crippen LogP contribution in [0.3, 0.4) is 0 Å². The van der Waals surface area contributed by atoms with Gasteiger partial charge in [-0.1, -0.05) is 12.1 Å². The number of aromatic nitrogens is 3. The molecule has 1 fully saturated rings. The molecule has 1 N–H and O–H groups in total. The molecule has 5 rings (SSSR count). The van der Waals surface area contributed by atoms with Crippen LogP contribution in [0.1, 0.15) is 44.7 Å². The molecule has 8 nitrogen and oxygen atoms in total. The summed E-state index contributed by atoms with van der Waals surface area (Å²) >= 11 is 0. The molecule has 3 heterocycles. The van der Waals surface area contributed by atoms with E-state index in [0.717, 1.165) is 41.6 Å². The Kier molecular flexibility index (Phi) is 8.58. The van der Waals surface area contributed by atoms with Crippen LogP contribution in [0.2, 0.25) is 0 Å². The largest absolute Gasteiger partial charge is 0.417 e. The van der Waals surface area contributed by atoms with Gasteiger partial charge in [-0.15, -0.1) is 0 Å². The number of nitrogens with zero attached hydrogens (tertiary/aromatic N) is 4. The number of amides is 2. The van der Waals surface area contributed by atoms with Crippen molar-refractivity contribution in [1.29, 1.82) is 0 Å². The molecule has 11 heteroatoms. The minimum atomic E-state index is -4.47. The Bertz CT molecular complexity index is 1580. The Morgan fingerprint density at radius 2 is 1.79 bits per heavy atom. The maximum Gasteiger partial charge on any atom is 0.417 e. The molecule has 2 aromatic heterocycles. The van der Waals surface area contributed by atoms with Crippen molar-refractivity contribution in [3.8, 4) is 11.1 Å². The Morgan fingerprint density at radius 3 is 2.48 bits per heavy atom. The predicted molar refractivity (Wildman–Crippen MR) is 152 cm³/mol. The quantitative estimate of drug-likeness (QED) is 0.284. The second-order valence-electron chi connectivity index (χ2n) is 10.5. The monoisotopic (exact) mass is 579 g/mol. The normalized spacial score (nSPS) is 14.4. The number of hydrogen-bond acceptors (Lipinski definition) is 5. The first kappa shape index (κ1) is 29.2. The summed E-state index contributed by atoms with van der Waals surface area (Å²) in [4.78, 5) is 31.2. The number of nitrogens with one attached hydrogen (secondary N) is 1. The third kappa shape index (κ3) is 6.46. The molecule has 2 aromatic carbocycles. The number of ether oxygens (including phenoxy) is 1. The molecule has 1 aliphatic rings. The smallest absolute Gasteiger partial charge is 0.383 e. The van der Waals surface area contributed by atoms with Crippen LogP contribution in [0.15, 0.2) is 61.1 Å². The molecule has 0 saturated carbocycles. The molecule has 0 radical (unpaired) electrons. The Hall–Kier alpha value is -4.25. The number of hydrogen-bond donors (Lipinski definition) is 1. The van der Waals surface area contributed by atoms with Crippen LogP contribution in [0.25, 0.3) is 22.0 Å². The van der Waals surface area contributed by atoms with E-state index in [1.807, 2.05) is 28.8 Å². The number of likely N-dealkylation sites (tertiary alicyclic amines) is 1. The van der Waals surface area contributed by atoms with Gasteiger partial charge in [-0.05, 0) is 67.1 Å². The topological polar surface area (TPSA) is 89.4 Å². The van der Waals surface area contributed by atoms with Crippen molar-refractivity contribution < 1.29 is 27.5 Å². The number of methoxy groups -OCH3 is 1. The van der Waals surface area contributed by atoms with Crippen molar-refractivity contribution in [2.45, 2.75) is 32.5 Å². The van der Waals surface area contributed by atoms with Crippen LogP contribution in [0, 0.1) is 12.8 Å². The van der Waals surface area contributed by atoms with Gasteiger partial charge in [0.05, 0.1) is 17.7 Å². The van der Waals surface area contributed by atoms with Crippen molar-refractivity contribution in [1.82, 2.24) is 25.0 Å². The van der Waals surface area contributed by atoms with Crippen molar-refractivity contribution in [3.05, 3.63) is 83.3 Å². The average Bonchev–Trinajstić information content (AvgIpc) is 3.40. The number of piperidine rings is 1. The van der Waals surface area contributed by atoms with Gasteiger partial charge in [0.1, 0.15) is 0 Å². The standard InChI is InChI=1S/C31H32F3N5O3/c1-20-26(29(40)36-11-14-42-2)7-8-28-27(20)19-39(37-28)18-21-9-12-38(13-10-21)30(41)23-5-3-22(4-6-23)24-15-25(17-35-16-24)31(32,33)34/h3-8,15-17,19,21H,9-14,18H2,1-2H3,(H,36,40). The molecule has 220 valence electrons. The molecule has 1 saturated heterocycles. The minimum Gasteiger partial charge on any atom is -0.383 e. The van der Waals surface area contributed by atoms with Crippen LogP contribution >= 0.6 is 0 Å². The number of pyridine rings is 1. The number of benzene rings is 2. The lowest BCUT2D eigenvalue weighted by Gasteiger charge is -2.32. The molecule has 0 aliphatic carbocycles. The zero-order chi connectivity index (χ0) is 29.9. The molecule has 1 aliphatic heterocycles. The molecule has 0 unspecified atom stereocenters. The van der Waals surface area contributed by atoms with Gasteiger partial charge in [0, 0.05) is 74.0 Å². The van der Waals surface area contributed by atoms with E-state index in [2.05, 4.69) is 10.3 Å². The number of aryl methyl sites for hydroxylation is 1. The molecule has 4 aromatic rings. The van der Waals surface area contributed by atoms with E-state index >= 15 is 0 Å². The van der Waals surface area contributed by atoms with E-state index in [0.29, 0.717) is 61.0 Å². The molecule has 0 bridgehead atoms. The highest BCUT2D eigenvalue weighted by Crippen LogP contribution is 2.32. The lowest BCUT2D eigenvalue weighted by Crippen LogP contribution is -2.39. The van der Waals surface area contributed by atoms with E-state index in [1.165, 1.54) is 6.20 Å². The summed E-state index contributed by atoms with van der Waals surface area (Å²) in [6.45, 7) is 4.74. The third-order valence-electron chi connectivity index (χ3n) is 7.72. The Labute approximate surface area is 241 Å². The summed E-state index contributed by atoms with van der Waals surface area (Å²) in [7, 11) is 1.59. The van der Waals surface area contributed by atoms with Crippen molar-refractivity contribution >= 4 is 22.7 Å². The number of fused-ring (bicyclic) bond motifs is 1. The van der Waals surface area contributed by atoms with Gasteiger partial charge in [-0.25, -0.2) is 0 Å². The average molecular weight is 580 g/mol. The highest BCUT2D eigenvalue weighted by atomic mass is 19.4. The van der Waals surface area contributed by atoms with Gasteiger partial charge in [0.25, 0.3) is 11.8 Å². The second kappa shape index (κ2) is 12.3. The van der Waals surface area contributed by atoms with Crippen LogP contribution in [-0.4, -0.2) is 64.8 Å². The zero-order valence-electron chi connectivity index (χ0n) is 23.4. The summed E-state index contributed by atoms with van der Waals surface area (Å²) in [6.07, 6.45) is 1.32. The first-order valence-corrected chi connectivity index (χ1v) is 13.8. The van der Waals surface area contributed by atoms with Gasteiger partial charge in [-0.3, -0.25) is 19.3 Å². The van der Waals surface area contributed by atoms with Crippen LogP contribution in [0.5, 0.6) is 0 Å². The number of carbonyl (C=O) groups is 2. The zero-order valence-corrected chi connectivity index (χ0v) is 23.4. The number of carbonyl (C=O) groups excluding carboxylic acids is 2. The third-order valence-corrected chi connectivity index (χ3v) is 7.72. The summed E-state index contributed by atoms with van der Waals surface area (Å²) in [5.41, 5.74) is 2.91. The molecular weight excluding hydrogens is 547 g/mol. The highest BCUT2D eigenvalue weighted by molar-refractivity contribution is 6.00. The van der Waals surface area contributed by atoms with Gasteiger partial charge < -0.3 is 15.0 Å². The molecular formula is C31H32F3N5O3. The minimum absolute atomic E-state index is 0.0982. The molecule has 2 amide bonds. The van der Waals surface area contributed by atoms with Gasteiger partial charge in [0.15, 0.2) is 0 Å². The maximum atomic E-state index is 13.1. The lowest BCUT2D eigenvalue weighted by molar-refractivity contribution is -0.137. The second-order valence-corrected chi connectivity index (χ2v) is 10.5. The van der Waals surface area contributed by atoms with E-state index < -0.39 is 11.7 Å². The fourth-order valence-corrected chi connectivity index (χ4v) is 5.31. The first-order chi connectivity index (χ1) is 20.1. The number of alkyl halides is 3. The van der Waals surface area contributed by atoms with Gasteiger partial charge in [-0.2, -0.15) is 18.3 Å². The number of halogens is 3.